The van der Waals surface area contributed by atoms with Gasteiger partial charge in [-0.1, -0.05) is 47.1 Å². The molecule has 0 N–H and O–H groups in total. The molecule has 3 aromatic rings. The lowest BCUT2D eigenvalue weighted by Crippen LogP contribution is -1.93. The SMILES string of the molecule is Cc1ccc(C)c(-c2ccc(SCc3c(F)cccc3Cl)nn2)c1. The van der Waals surface area contributed by atoms with E-state index in [1.165, 1.54) is 23.4 Å². The summed E-state index contributed by atoms with van der Waals surface area (Å²) < 4.78 is 13.8. The summed E-state index contributed by atoms with van der Waals surface area (Å²) in [5.74, 6) is 0.123. The lowest BCUT2D eigenvalue weighted by molar-refractivity contribution is 0.617. The first-order valence-electron chi connectivity index (χ1n) is 7.51. The molecule has 0 unspecified atom stereocenters. The van der Waals surface area contributed by atoms with Crippen LogP contribution in [0.25, 0.3) is 11.3 Å². The van der Waals surface area contributed by atoms with Crippen LogP contribution in [-0.4, -0.2) is 10.2 Å². The summed E-state index contributed by atoms with van der Waals surface area (Å²) in [4.78, 5) is 0. The highest BCUT2D eigenvalue weighted by Gasteiger charge is 2.09. The van der Waals surface area contributed by atoms with Gasteiger partial charge in [0.2, 0.25) is 0 Å². The summed E-state index contributed by atoms with van der Waals surface area (Å²) in [6.45, 7) is 4.11. The summed E-state index contributed by atoms with van der Waals surface area (Å²) in [5, 5.41) is 9.73. The lowest BCUT2D eigenvalue weighted by atomic mass is 10.0. The van der Waals surface area contributed by atoms with Crippen molar-refractivity contribution in [2.24, 2.45) is 0 Å². The number of aromatic nitrogens is 2. The van der Waals surface area contributed by atoms with Crippen molar-refractivity contribution >= 4 is 23.4 Å². The predicted octanol–water partition coefficient (Wildman–Crippen LogP) is 5.85. The van der Waals surface area contributed by atoms with Gasteiger partial charge in [0.1, 0.15) is 10.8 Å². The molecule has 2 aromatic carbocycles. The first-order chi connectivity index (χ1) is 11.5. The molecule has 0 amide bonds. The molecule has 2 nitrogen and oxygen atoms in total. The Hall–Kier alpha value is -1.91. The van der Waals surface area contributed by atoms with Gasteiger partial charge in [-0.3, -0.25) is 0 Å². The Morgan fingerprint density at radius 3 is 2.58 bits per heavy atom. The predicted molar refractivity (Wildman–Crippen MR) is 97.9 cm³/mol. The smallest absolute Gasteiger partial charge is 0.128 e. The van der Waals surface area contributed by atoms with Crippen LogP contribution in [0.3, 0.4) is 0 Å². The molecule has 0 aliphatic heterocycles. The molecule has 0 bridgehead atoms. The number of thioether (sulfide) groups is 1. The number of benzene rings is 2. The van der Waals surface area contributed by atoms with E-state index >= 15 is 0 Å². The van der Waals surface area contributed by atoms with Gasteiger partial charge in [0.05, 0.1) is 5.69 Å². The molecule has 0 aliphatic carbocycles. The van der Waals surface area contributed by atoms with Crippen molar-refractivity contribution in [3.05, 3.63) is 76.1 Å². The molecule has 1 aromatic heterocycles. The largest absolute Gasteiger partial charge is 0.207 e. The fourth-order valence-corrected chi connectivity index (χ4v) is 3.53. The van der Waals surface area contributed by atoms with Crippen LogP contribution in [-0.2, 0) is 5.75 Å². The van der Waals surface area contributed by atoms with Crippen LogP contribution in [0, 0.1) is 19.7 Å². The Labute approximate surface area is 150 Å². The molecule has 0 aliphatic rings. The highest BCUT2D eigenvalue weighted by Crippen LogP contribution is 2.28. The van der Waals surface area contributed by atoms with Gasteiger partial charge in [0, 0.05) is 21.9 Å². The van der Waals surface area contributed by atoms with E-state index < -0.39 is 0 Å². The maximum atomic E-state index is 13.8. The number of halogens is 2. The number of hydrogen-bond acceptors (Lipinski definition) is 3. The monoisotopic (exact) mass is 358 g/mol. The molecule has 0 atom stereocenters. The van der Waals surface area contributed by atoms with Gasteiger partial charge in [0.15, 0.2) is 0 Å². The van der Waals surface area contributed by atoms with Crippen LogP contribution in [0.15, 0.2) is 53.6 Å². The van der Waals surface area contributed by atoms with E-state index in [0.29, 0.717) is 16.3 Å². The van der Waals surface area contributed by atoms with E-state index in [4.69, 9.17) is 11.6 Å². The van der Waals surface area contributed by atoms with Crippen molar-refractivity contribution in [1.82, 2.24) is 10.2 Å². The first-order valence-corrected chi connectivity index (χ1v) is 8.88. The number of rotatable bonds is 4. The average Bonchev–Trinajstić information content (AvgIpc) is 2.57. The third-order valence-electron chi connectivity index (χ3n) is 3.74. The van der Waals surface area contributed by atoms with Crippen molar-refractivity contribution in [3.8, 4) is 11.3 Å². The minimum Gasteiger partial charge on any atom is -0.207 e. The van der Waals surface area contributed by atoms with Gasteiger partial charge >= 0.3 is 0 Å². The van der Waals surface area contributed by atoms with E-state index in [2.05, 4.69) is 42.2 Å². The number of hydrogen-bond donors (Lipinski definition) is 0. The van der Waals surface area contributed by atoms with Crippen molar-refractivity contribution < 1.29 is 4.39 Å². The molecule has 0 saturated carbocycles. The summed E-state index contributed by atoms with van der Waals surface area (Å²) in [6, 6.07) is 14.8. The topological polar surface area (TPSA) is 25.8 Å². The van der Waals surface area contributed by atoms with E-state index in [9.17, 15) is 4.39 Å². The standard InChI is InChI=1S/C19H16ClFN2S/c1-12-6-7-13(2)14(10-12)18-8-9-19(23-22-18)24-11-15-16(20)4-3-5-17(15)21/h3-10H,11H2,1-2H3. The van der Waals surface area contributed by atoms with Crippen LogP contribution in [0.5, 0.6) is 0 Å². The number of nitrogens with zero attached hydrogens (tertiary/aromatic N) is 2. The molecule has 0 fully saturated rings. The third-order valence-corrected chi connectivity index (χ3v) is 5.04. The van der Waals surface area contributed by atoms with Gasteiger partial charge in [-0.05, 0) is 49.7 Å². The van der Waals surface area contributed by atoms with Gasteiger partial charge in [-0.2, -0.15) is 0 Å². The second-order valence-electron chi connectivity index (χ2n) is 5.56. The Bertz CT molecular complexity index is 845. The van der Waals surface area contributed by atoms with Crippen LogP contribution in [0.4, 0.5) is 4.39 Å². The van der Waals surface area contributed by atoms with Gasteiger partial charge in [-0.25, -0.2) is 4.39 Å². The summed E-state index contributed by atoms with van der Waals surface area (Å²) in [6.07, 6.45) is 0. The summed E-state index contributed by atoms with van der Waals surface area (Å²) >= 11 is 7.46. The molecule has 122 valence electrons. The molecule has 0 radical (unpaired) electrons. The second-order valence-corrected chi connectivity index (χ2v) is 6.97. The van der Waals surface area contributed by atoms with E-state index in [1.54, 1.807) is 12.1 Å². The average molecular weight is 359 g/mol. The van der Waals surface area contributed by atoms with E-state index in [-0.39, 0.29) is 5.82 Å². The Balaban J connectivity index is 1.77. The maximum absolute atomic E-state index is 13.8. The Morgan fingerprint density at radius 2 is 1.88 bits per heavy atom. The molecule has 24 heavy (non-hydrogen) atoms. The quantitative estimate of drug-likeness (QED) is 0.547. The summed E-state index contributed by atoms with van der Waals surface area (Å²) in [7, 11) is 0. The van der Waals surface area contributed by atoms with Gasteiger partial charge in [-0.15, -0.1) is 10.2 Å². The van der Waals surface area contributed by atoms with Gasteiger partial charge < -0.3 is 0 Å². The zero-order valence-corrected chi connectivity index (χ0v) is 15.0. The lowest BCUT2D eigenvalue weighted by Gasteiger charge is -2.07. The minimum absolute atomic E-state index is 0.296. The fourth-order valence-electron chi connectivity index (χ4n) is 2.37. The molecule has 1 heterocycles. The molecule has 5 heteroatoms. The molecule has 0 saturated heterocycles. The molecule has 0 spiro atoms. The molecular weight excluding hydrogens is 343 g/mol. The molecular formula is C19H16ClFN2S. The van der Waals surface area contributed by atoms with Crippen molar-refractivity contribution in [1.29, 1.82) is 0 Å². The maximum Gasteiger partial charge on any atom is 0.128 e. The van der Waals surface area contributed by atoms with Crippen LogP contribution in [0.1, 0.15) is 16.7 Å². The highest BCUT2D eigenvalue weighted by atomic mass is 35.5. The third kappa shape index (κ3) is 3.77. The Morgan fingerprint density at radius 1 is 1.04 bits per heavy atom. The van der Waals surface area contributed by atoms with Crippen molar-refractivity contribution in [3.63, 3.8) is 0 Å². The van der Waals surface area contributed by atoms with E-state index in [0.717, 1.165) is 21.8 Å². The molecule has 3 rings (SSSR count). The normalized spacial score (nSPS) is 10.8. The second kappa shape index (κ2) is 7.32. The van der Waals surface area contributed by atoms with E-state index in [1.807, 2.05) is 12.1 Å². The zero-order chi connectivity index (χ0) is 17.1. The summed E-state index contributed by atoms with van der Waals surface area (Å²) in [5.41, 5.74) is 4.75. The Kier molecular flexibility index (Phi) is 5.17. The van der Waals surface area contributed by atoms with Crippen LogP contribution < -0.4 is 0 Å². The van der Waals surface area contributed by atoms with Crippen molar-refractivity contribution in [2.45, 2.75) is 24.6 Å². The number of aryl methyl sites for hydroxylation is 2. The van der Waals surface area contributed by atoms with Crippen molar-refractivity contribution in [2.75, 3.05) is 0 Å². The fraction of sp³-hybridized carbons (Fsp3) is 0.158. The minimum atomic E-state index is -0.296. The van der Waals surface area contributed by atoms with Gasteiger partial charge in [0.25, 0.3) is 0 Å². The first kappa shape index (κ1) is 16.9. The van der Waals surface area contributed by atoms with Crippen LogP contribution >= 0.6 is 23.4 Å². The van der Waals surface area contributed by atoms with Crippen LogP contribution in [0.2, 0.25) is 5.02 Å². The highest BCUT2D eigenvalue weighted by molar-refractivity contribution is 7.98. The zero-order valence-electron chi connectivity index (χ0n) is 13.4.